The second kappa shape index (κ2) is 9.48. The predicted octanol–water partition coefficient (Wildman–Crippen LogP) is 7.75. The van der Waals surface area contributed by atoms with E-state index >= 15 is 0 Å². The number of fused-ring (bicyclic) bond motifs is 1. The van der Waals surface area contributed by atoms with E-state index in [1.807, 2.05) is 54.7 Å². The molecule has 0 radical (unpaired) electrons. The molecule has 3 nitrogen and oxygen atoms in total. The molecule has 3 aromatic rings. The number of aliphatic imine (C=N–C) groups is 1. The minimum absolute atomic E-state index is 0.276. The molecular weight excluding hydrogens is 436 g/mol. The molecule has 5 heteroatoms. The van der Waals surface area contributed by atoms with Crippen molar-refractivity contribution >= 4 is 34.2 Å². The van der Waals surface area contributed by atoms with Gasteiger partial charge < -0.3 is 4.74 Å². The Labute approximate surface area is 199 Å². The van der Waals surface area contributed by atoms with Crippen LogP contribution in [0.15, 0.2) is 53.5 Å². The largest absolute Gasteiger partial charge is 0.488 e. The minimum atomic E-state index is 0.276. The van der Waals surface area contributed by atoms with Gasteiger partial charge in [0.25, 0.3) is 0 Å². The third-order valence-corrected chi connectivity index (χ3v) is 7.55. The Morgan fingerprint density at radius 1 is 1.19 bits per heavy atom. The van der Waals surface area contributed by atoms with Crippen LogP contribution in [0.4, 0.5) is 5.00 Å². The number of nitrogens with zero attached hydrogens (tertiary/aromatic N) is 2. The lowest BCUT2D eigenvalue weighted by Crippen LogP contribution is -2.26. The highest BCUT2D eigenvalue weighted by Crippen LogP contribution is 2.44. The summed E-state index contributed by atoms with van der Waals surface area (Å²) in [5.74, 6) is 1.40. The molecule has 1 atom stereocenters. The van der Waals surface area contributed by atoms with Gasteiger partial charge in [-0.2, -0.15) is 5.26 Å². The molecule has 1 heterocycles. The number of hydrogen-bond donors (Lipinski definition) is 0. The van der Waals surface area contributed by atoms with Gasteiger partial charge in [0.15, 0.2) is 0 Å². The number of halogens is 1. The second-order valence-corrected chi connectivity index (χ2v) is 10.8. The van der Waals surface area contributed by atoms with Crippen LogP contribution in [0.3, 0.4) is 0 Å². The van der Waals surface area contributed by atoms with Crippen molar-refractivity contribution in [1.82, 2.24) is 0 Å². The lowest BCUT2D eigenvalue weighted by molar-refractivity contribution is 0.218. The highest BCUT2D eigenvalue weighted by atomic mass is 35.5. The van der Waals surface area contributed by atoms with E-state index in [1.165, 1.54) is 10.4 Å². The first-order valence-electron chi connectivity index (χ1n) is 10.9. The van der Waals surface area contributed by atoms with Crippen LogP contribution in [0.2, 0.25) is 5.02 Å². The number of para-hydroxylation sites is 1. The van der Waals surface area contributed by atoms with E-state index in [0.717, 1.165) is 46.7 Å². The number of hydrogen-bond acceptors (Lipinski definition) is 4. The fourth-order valence-corrected chi connectivity index (χ4v) is 5.45. The average Bonchev–Trinajstić information content (AvgIpc) is 3.14. The van der Waals surface area contributed by atoms with Gasteiger partial charge >= 0.3 is 0 Å². The summed E-state index contributed by atoms with van der Waals surface area (Å²) in [7, 11) is 0. The van der Waals surface area contributed by atoms with Gasteiger partial charge in [0.05, 0.1) is 5.56 Å². The average molecular weight is 463 g/mol. The molecule has 32 heavy (non-hydrogen) atoms. The van der Waals surface area contributed by atoms with Crippen LogP contribution in [0, 0.1) is 22.7 Å². The first kappa shape index (κ1) is 22.6. The molecule has 0 amide bonds. The molecule has 4 rings (SSSR count). The van der Waals surface area contributed by atoms with E-state index in [2.05, 4.69) is 26.8 Å². The Balaban J connectivity index is 1.55. The molecule has 1 aliphatic carbocycles. The summed E-state index contributed by atoms with van der Waals surface area (Å²) in [5, 5.41) is 11.3. The van der Waals surface area contributed by atoms with E-state index < -0.39 is 0 Å². The number of benzene rings is 2. The molecular formula is C27H27ClN2OS. The molecule has 1 aromatic heterocycles. The van der Waals surface area contributed by atoms with Crippen molar-refractivity contribution < 1.29 is 4.74 Å². The fraction of sp³-hybridized carbons (Fsp3) is 0.333. The zero-order valence-corrected chi connectivity index (χ0v) is 20.3. The number of thiophene rings is 1. The van der Waals surface area contributed by atoms with Crippen LogP contribution in [0.1, 0.15) is 54.3 Å². The standard InChI is InChI=1S/C27H27ClN2OS/c1-27(2,3)20-10-13-22-23(15-29)26(32-25(22)14-20)30-16-19-6-4-5-7-24(19)31-17-18-8-11-21(28)12-9-18/h4-9,11-12,16,20H,10,13-14,17H2,1-3H3/t20-/m1/s1. The number of rotatable bonds is 5. The van der Waals surface area contributed by atoms with Crippen LogP contribution in [-0.4, -0.2) is 6.21 Å². The molecule has 0 unspecified atom stereocenters. The summed E-state index contributed by atoms with van der Waals surface area (Å²) in [6.45, 7) is 7.37. The molecule has 0 N–H and O–H groups in total. The van der Waals surface area contributed by atoms with Crippen LogP contribution < -0.4 is 4.74 Å². The monoisotopic (exact) mass is 462 g/mol. The van der Waals surface area contributed by atoms with E-state index in [1.54, 1.807) is 11.3 Å². The van der Waals surface area contributed by atoms with Crippen LogP contribution >= 0.6 is 22.9 Å². The molecule has 1 aliphatic rings. The van der Waals surface area contributed by atoms with Crippen molar-refractivity contribution in [2.75, 3.05) is 0 Å². The van der Waals surface area contributed by atoms with E-state index in [4.69, 9.17) is 21.3 Å². The smallest absolute Gasteiger partial charge is 0.134 e. The number of ether oxygens (including phenoxy) is 1. The van der Waals surface area contributed by atoms with Crippen molar-refractivity contribution in [1.29, 1.82) is 5.26 Å². The quantitative estimate of drug-likeness (QED) is 0.364. The van der Waals surface area contributed by atoms with Gasteiger partial charge in [-0.15, -0.1) is 11.3 Å². The summed E-state index contributed by atoms with van der Waals surface area (Å²) in [5.41, 5.74) is 4.17. The van der Waals surface area contributed by atoms with Crippen molar-refractivity contribution in [2.24, 2.45) is 16.3 Å². The van der Waals surface area contributed by atoms with Crippen molar-refractivity contribution in [3.63, 3.8) is 0 Å². The van der Waals surface area contributed by atoms with Gasteiger partial charge in [-0.1, -0.05) is 56.6 Å². The predicted molar refractivity (Wildman–Crippen MR) is 133 cm³/mol. The Hall–Kier alpha value is -2.61. The summed E-state index contributed by atoms with van der Waals surface area (Å²) in [6.07, 6.45) is 4.95. The highest BCUT2D eigenvalue weighted by molar-refractivity contribution is 7.16. The van der Waals surface area contributed by atoms with E-state index in [-0.39, 0.29) is 5.41 Å². The lowest BCUT2D eigenvalue weighted by Gasteiger charge is -2.33. The summed E-state index contributed by atoms with van der Waals surface area (Å²) in [6, 6.07) is 17.9. The van der Waals surface area contributed by atoms with E-state index in [9.17, 15) is 5.26 Å². The van der Waals surface area contributed by atoms with Crippen molar-refractivity contribution in [3.05, 3.63) is 80.7 Å². The molecule has 0 spiro atoms. The van der Waals surface area contributed by atoms with Gasteiger partial charge in [-0.3, -0.25) is 0 Å². The Morgan fingerprint density at radius 3 is 2.66 bits per heavy atom. The normalized spacial score (nSPS) is 16.0. The molecule has 0 fully saturated rings. The van der Waals surface area contributed by atoms with Gasteiger partial charge in [-0.05, 0) is 66.0 Å². The van der Waals surface area contributed by atoms with Crippen LogP contribution in [-0.2, 0) is 19.4 Å². The van der Waals surface area contributed by atoms with Crippen molar-refractivity contribution in [2.45, 2.75) is 46.6 Å². The molecule has 0 saturated heterocycles. The van der Waals surface area contributed by atoms with Gasteiger partial charge in [-0.25, -0.2) is 4.99 Å². The summed E-state index contributed by atoms with van der Waals surface area (Å²) >= 11 is 7.64. The van der Waals surface area contributed by atoms with E-state index in [0.29, 0.717) is 17.5 Å². The molecule has 0 saturated carbocycles. The third-order valence-electron chi connectivity index (χ3n) is 6.13. The summed E-state index contributed by atoms with van der Waals surface area (Å²) in [4.78, 5) is 6.07. The number of nitriles is 1. The highest BCUT2D eigenvalue weighted by Gasteiger charge is 2.32. The Kier molecular flexibility index (Phi) is 6.69. The van der Waals surface area contributed by atoms with Crippen LogP contribution in [0.25, 0.3) is 0 Å². The third kappa shape index (κ3) is 5.06. The van der Waals surface area contributed by atoms with Crippen molar-refractivity contribution in [3.8, 4) is 11.8 Å². The SMILES string of the molecule is CC(C)(C)[C@@H]1CCc2c(sc(N=Cc3ccccc3OCc3ccc(Cl)cc3)c2C#N)C1. The zero-order valence-electron chi connectivity index (χ0n) is 18.7. The first-order chi connectivity index (χ1) is 15.3. The zero-order chi connectivity index (χ0) is 22.7. The second-order valence-electron chi connectivity index (χ2n) is 9.31. The molecule has 164 valence electrons. The first-order valence-corrected chi connectivity index (χ1v) is 12.1. The lowest BCUT2D eigenvalue weighted by atomic mass is 9.72. The van der Waals surface area contributed by atoms with Gasteiger partial charge in [0, 0.05) is 21.7 Å². The Bertz CT molecular complexity index is 1170. The van der Waals surface area contributed by atoms with Gasteiger partial charge in [0.2, 0.25) is 0 Å². The summed E-state index contributed by atoms with van der Waals surface area (Å²) < 4.78 is 6.04. The topological polar surface area (TPSA) is 45.4 Å². The maximum Gasteiger partial charge on any atom is 0.134 e. The van der Waals surface area contributed by atoms with Gasteiger partial charge in [0.1, 0.15) is 23.4 Å². The molecule has 2 aromatic carbocycles. The maximum absolute atomic E-state index is 9.82. The van der Waals surface area contributed by atoms with Crippen LogP contribution in [0.5, 0.6) is 5.75 Å². The molecule has 0 bridgehead atoms. The Morgan fingerprint density at radius 2 is 1.94 bits per heavy atom. The fourth-order valence-electron chi connectivity index (χ4n) is 4.11. The molecule has 0 aliphatic heterocycles. The minimum Gasteiger partial charge on any atom is -0.488 e. The maximum atomic E-state index is 9.82.